The van der Waals surface area contributed by atoms with Crippen LogP contribution in [0, 0.1) is 6.92 Å². The molecule has 0 unspecified atom stereocenters. The Morgan fingerprint density at radius 1 is 1.11 bits per heavy atom. The van der Waals surface area contributed by atoms with Crippen LogP contribution < -0.4 is 10.1 Å². The molecule has 0 aromatic carbocycles. The van der Waals surface area contributed by atoms with E-state index in [4.69, 9.17) is 4.74 Å². The molecule has 0 saturated heterocycles. The molecule has 0 aliphatic heterocycles. The minimum Gasteiger partial charge on any atom is -0.480 e. The molecular weight excluding hydrogens is 501 g/mol. The van der Waals surface area contributed by atoms with E-state index in [0.29, 0.717) is 52.1 Å². The van der Waals surface area contributed by atoms with E-state index in [0.717, 1.165) is 0 Å². The van der Waals surface area contributed by atoms with E-state index in [1.165, 1.54) is 11.7 Å². The van der Waals surface area contributed by atoms with Gasteiger partial charge in [-0.1, -0.05) is 0 Å². The molecule has 2 N–H and O–H groups in total. The van der Waals surface area contributed by atoms with Crippen LogP contribution in [0.4, 0.5) is 27.9 Å². The van der Waals surface area contributed by atoms with Crippen LogP contribution in [0.15, 0.2) is 18.3 Å². The van der Waals surface area contributed by atoms with Gasteiger partial charge in [0.15, 0.2) is 5.65 Å². The lowest BCUT2D eigenvalue weighted by Crippen LogP contribution is -2.33. The number of rotatable bonds is 7. The number of methoxy groups -OCH3 is 1. The first-order chi connectivity index (χ1) is 17.6. The number of halogens is 5. The molecule has 1 aliphatic rings. The second kappa shape index (κ2) is 9.72. The van der Waals surface area contributed by atoms with Gasteiger partial charge in [0.25, 0.3) is 6.43 Å². The SMILES string of the molecule is COc1nc(NC2CCC(OC(F)(F)F)CC2)nc2[nH]cc(-c3ccc4nc(C)n(CC(F)F)c4n3)c12. The van der Waals surface area contributed by atoms with Gasteiger partial charge in [0.05, 0.1) is 30.8 Å². The monoisotopic (exact) mass is 525 g/mol. The second-order valence-electron chi connectivity index (χ2n) is 8.86. The summed E-state index contributed by atoms with van der Waals surface area (Å²) in [6.45, 7) is 1.13. The molecular formula is C23H24F5N7O2. The first kappa shape index (κ1) is 25.1. The fourth-order valence-electron chi connectivity index (χ4n) is 4.73. The molecule has 198 valence electrons. The number of anilines is 1. The van der Waals surface area contributed by atoms with Crippen molar-refractivity contribution in [3.8, 4) is 17.1 Å². The maximum absolute atomic E-state index is 13.1. The van der Waals surface area contributed by atoms with Crippen LogP contribution in [0.25, 0.3) is 33.5 Å². The quantitative estimate of drug-likeness (QED) is 0.319. The lowest BCUT2D eigenvalue weighted by atomic mass is 9.93. The summed E-state index contributed by atoms with van der Waals surface area (Å²) >= 11 is 0. The number of nitrogens with one attached hydrogen (secondary N) is 2. The molecule has 9 nitrogen and oxygen atoms in total. The molecule has 0 amide bonds. The number of alkyl halides is 5. The van der Waals surface area contributed by atoms with Crippen molar-refractivity contribution in [2.75, 3.05) is 12.4 Å². The number of hydrogen-bond donors (Lipinski definition) is 2. The average molecular weight is 525 g/mol. The van der Waals surface area contributed by atoms with Crippen LogP contribution in [-0.2, 0) is 11.3 Å². The summed E-state index contributed by atoms with van der Waals surface area (Å²) in [5.41, 5.74) is 2.42. The van der Waals surface area contributed by atoms with Crippen LogP contribution in [0.3, 0.4) is 0 Å². The molecule has 1 saturated carbocycles. The van der Waals surface area contributed by atoms with E-state index in [1.807, 2.05) is 0 Å². The normalized spacial score (nSPS) is 18.7. The van der Waals surface area contributed by atoms with Crippen molar-refractivity contribution < 1.29 is 31.4 Å². The molecule has 0 bridgehead atoms. The highest BCUT2D eigenvalue weighted by Crippen LogP contribution is 2.35. The Balaban J connectivity index is 1.41. The summed E-state index contributed by atoms with van der Waals surface area (Å²) in [7, 11) is 1.46. The van der Waals surface area contributed by atoms with Gasteiger partial charge in [-0.3, -0.25) is 4.74 Å². The van der Waals surface area contributed by atoms with Gasteiger partial charge in [-0.25, -0.2) is 18.7 Å². The summed E-state index contributed by atoms with van der Waals surface area (Å²) in [5.74, 6) is 0.971. The minimum atomic E-state index is -4.64. The number of aryl methyl sites for hydroxylation is 1. The number of pyridine rings is 1. The molecule has 4 heterocycles. The summed E-state index contributed by atoms with van der Waals surface area (Å²) < 4.78 is 74.7. The molecule has 1 fully saturated rings. The zero-order valence-electron chi connectivity index (χ0n) is 19.9. The maximum Gasteiger partial charge on any atom is 0.522 e. The summed E-state index contributed by atoms with van der Waals surface area (Å²) in [5, 5.41) is 3.73. The van der Waals surface area contributed by atoms with Crippen molar-refractivity contribution in [3.63, 3.8) is 0 Å². The largest absolute Gasteiger partial charge is 0.522 e. The summed E-state index contributed by atoms with van der Waals surface area (Å²) in [6, 6.07) is 3.33. The van der Waals surface area contributed by atoms with Gasteiger partial charge in [0.1, 0.15) is 17.0 Å². The molecule has 1 aliphatic carbocycles. The molecule has 0 radical (unpaired) electrons. The first-order valence-electron chi connectivity index (χ1n) is 11.7. The first-order valence-corrected chi connectivity index (χ1v) is 11.7. The predicted molar refractivity (Wildman–Crippen MR) is 125 cm³/mol. The lowest BCUT2D eigenvalue weighted by Gasteiger charge is -2.29. The van der Waals surface area contributed by atoms with Gasteiger partial charge >= 0.3 is 6.36 Å². The Bertz CT molecular complexity index is 1410. The highest BCUT2D eigenvalue weighted by atomic mass is 19.4. The number of aromatic amines is 1. The standard InChI is InChI=1S/C23H24F5N7O2/c1-11-30-16-8-7-15(32-20(16)35(11)10-17(24)25)14-9-29-19-18(14)21(36-2)34-22(33-19)31-12-3-5-13(6-4-12)37-23(26,27)28/h7-9,12-13,17H,3-6,10H2,1-2H3,(H2,29,31,33,34). The third-order valence-corrected chi connectivity index (χ3v) is 6.38. The topological polar surface area (TPSA) is 103 Å². The van der Waals surface area contributed by atoms with E-state index >= 15 is 0 Å². The van der Waals surface area contributed by atoms with Gasteiger partial charge in [0, 0.05) is 17.8 Å². The number of hydrogen-bond acceptors (Lipinski definition) is 7. The van der Waals surface area contributed by atoms with E-state index in [9.17, 15) is 22.0 Å². The predicted octanol–water partition coefficient (Wildman–Crippen LogP) is 5.21. The molecule has 0 atom stereocenters. The number of H-pyrrole nitrogens is 1. The third kappa shape index (κ3) is 5.29. The third-order valence-electron chi connectivity index (χ3n) is 6.38. The summed E-state index contributed by atoms with van der Waals surface area (Å²) in [4.78, 5) is 20.9. The minimum absolute atomic E-state index is 0.118. The smallest absolute Gasteiger partial charge is 0.480 e. The Morgan fingerprint density at radius 2 is 1.86 bits per heavy atom. The Hall–Kier alpha value is -3.55. The number of aromatic nitrogens is 6. The van der Waals surface area contributed by atoms with Crippen LogP contribution in [0.1, 0.15) is 31.5 Å². The maximum atomic E-state index is 13.1. The van der Waals surface area contributed by atoms with Crippen molar-refractivity contribution in [2.24, 2.45) is 0 Å². The Kier molecular flexibility index (Phi) is 6.60. The van der Waals surface area contributed by atoms with Crippen LogP contribution in [-0.4, -0.2) is 61.5 Å². The molecule has 0 spiro atoms. The fraction of sp³-hybridized carbons (Fsp3) is 0.478. The van der Waals surface area contributed by atoms with E-state index in [-0.39, 0.29) is 30.7 Å². The molecule has 4 aromatic heterocycles. The Labute approximate surface area is 207 Å². The van der Waals surface area contributed by atoms with Gasteiger partial charge in [-0.05, 0) is 44.7 Å². The van der Waals surface area contributed by atoms with Crippen LogP contribution >= 0.6 is 0 Å². The van der Waals surface area contributed by atoms with Gasteiger partial charge < -0.3 is 19.6 Å². The highest BCUT2D eigenvalue weighted by molar-refractivity contribution is 5.97. The van der Waals surface area contributed by atoms with E-state index < -0.39 is 25.4 Å². The number of ether oxygens (including phenoxy) is 2. The van der Waals surface area contributed by atoms with Gasteiger partial charge in [-0.15, -0.1) is 13.2 Å². The van der Waals surface area contributed by atoms with Crippen molar-refractivity contribution in [3.05, 3.63) is 24.2 Å². The highest BCUT2D eigenvalue weighted by Gasteiger charge is 2.35. The number of fused-ring (bicyclic) bond motifs is 2. The zero-order valence-corrected chi connectivity index (χ0v) is 19.9. The van der Waals surface area contributed by atoms with Crippen LogP contribution in [0.2, 0.25) is 0 Å². The fourth-order valence-corrected chi connectivity index (χ4v) is 4.73. The second-order valence-corrected chi connectivity index (χ2v) is 8.86. The zero-order chi connectivity index (χ0) is 26.3. The van der Waals surface area contributed by atoms with Crippen molar-refractivity contribution in [1.29, 1.82) is 0 Å². The average Bonchev–Trinajstić information content (AvgIpc) is 3.39. The molecule has 5 rings (SSSR count). The van der Waals surface area contributed by atoms with Crippen molar-refractivity contribution in [1.82, 2.24) is 29.5 Å². The Morgan fingerprint density at radius 3 is 2.54 bits per heavy atom. The number of imidazole rings is 1. The summed E-state index contributed by atoms with van der Waals surface area (Å²) in [6.07, 6.45) is -4.91. The van der Waals surface area contributed by atoms with Crippen LogP contribution in [0.5, 0.6) is 5.88 Å². The van der Waals surface area contributed by atoms with Crippen molar-refractivity contribution >= 4 is 28.1 Å². The van der Waals surface area contributed by atoms with Gasteiger partial charge in [0.2, 0.25) is 11.8 Å². The molecule has 4 aromatic rings. The lowest BCUT2D eigenvalue weighted by molar-refractivity contribution is -0.345. The van der Waals surface area contributed by atoms with E-state index in [2.05, 4.69) is 35.0 Å². The van der Waals surface area contributed by atoms with Crippen molar-refractivity contribution in [2.45, 2.75) is 64.1 Å². The number of nitrogens with zero attached hydrogens (tertiary/aromatic N) is 5. The van der Waals surface area contributed by atoms with E-state index in [1.54, 1.807) is 25.3 Å². The molecule has 14 heteroatoms. The van der Waals surface area contributed by atoms with Gasteiger partial charge in [-0.2, -0.15) is 9.97 Å². The molecule has 37 heavy (non-hydrogen) atoms.